The topological polar surface area (TPSA) is 90.2 Å². The van der Waals surface area contributed by atoms with Crippen molar-refractivity contribution in [3.8, 4) is 0 Å². The molecule has 25 heavy (non-hydrogen) atoms. The Morgan fingerprint density at radius 3 is 2.24 bits per heavy atom. The molecule has 1 aromatic carbocycles. The highest BCUT2D eigenvalue weighted by molar-refractivity contribution is 7.12. The Hall–Kier alpha value is -1.28. The van der Waals surface area contributed by atoms with Gasteiger partial charge < -0.3 is 25.2 Å². The van der Waals surface area contributed by atoms with E-state index in [1.165, 1.54) is 22.5 Å². The molecule has 1 saturated heterocycles. The molecular formula is C19H24O5S. The van der Waals surface area contributed by atoms with Crippen LogP contribution in [-0.2, 0) is 17.6 Å². The fraction of sp³-hybridized carbons (Fsp3) is 0.474. The van der Waals surface area contributed by atoms with Crippen molar-refractivity contribution in [3.63, 3.8) is 0 Å². The van der Waals surface area contributed by atoms with Crippen molar-refractivity contribution in [2.24, 2.45) is 0 Å². The van der Waals surface area contributed by atoms with Gasteiger partial charge >= 0.3 is 0 Å². The van der Waals surface area contributed by atoms with Gasteiger partial charge in [-0.25, -0.2) is 0 Å². The fourth-order valence-corrected chi connectivity index (χ4v) is 4.20. The number of rotatable bonds is 5. The summed E-state index contributed by atoms with van der Waals surface area (Å²) >= 11 is 1.50. The van der Waals surface area contributed by atoms with E-state index in [-0.39, 0.29) is 0 Å². The molecule has 5 atom stereocenters. The first-order valence-electron chi connectivity index (χ1n) is 8.50. The molecule has 0 amide bonds. The summed E-state index contributed by atoms with van der Waals surface area (Å²) in [5.74, 6) is 0. The fourth-order valence-electron chi connectivity index (χ4n) is 3.07. The molecule has 3 rings (SSSR count). The van der Waals surface area contributed by atoms with E-state index in [0.717, 1.165) is 22.6 Å². The van der Waals surface area contributed by atoms with Gasteiger partial charge in [-0.15, -0.1) is 11.3 Å². The molecule has 0 saturated carbocycles. The molecule has 1 aromatic heterocycles. The van der Waals surface area contributed by atoms with Crippen LogP contribution in [0.15, 0.2) is 36.4 Å². The van der Waals surface area contributed by atoms with Gasteiger partial charge in [0.15, 0.2) is 0 Å². The molecule has 1 fully saturated rings. The minimum Gasteiger partial charge on any atom is -0.394 e. The lowest BCUT2D eigenvalue weighted by Gasteiger charge is -2.39. The molecule has 0 radical (unpaired) electrons. The second-order valence-corrected chi connectivity index (χ2v) is 7.60. The lowest BCUT2D eigenvalue weighted by molar-refractivity contribution is -0.230. The van der Waals surface area contributed by atoms with Gasteiger partial charge in [0.25, 0.3) is 0 Å². The standard InChI is InChI=1S/C19H24O5S/c1-2-11-3-5-12(6-4-11)9-13-7-8-15(25-13)19-18(23)17(22)16(21)14(10-20)24-19/h3-8,14,16-23H,2,9-10H2,1H3/t14-,16-,17+,18-,19+/m1/s1. The van der Waals surface area contributed by atoms with Gasteiger partial charge in [-0.1, -0.05) is 31.2 Å². The van der Waals surface area contributed by atoms with Crippen molar-refractivity contribution in [3.05, 3.63) is 57.3 Å². The van der Waals surface area contributed by atoms with E-state index in [0.29, 0.717) is 0 Å². The van der Waals surface area contributed by atoms with Crippen molar-refractivity contribution in [1.29, 1.82) is 0 Å². The van der Waals surface area contributed by atoms with Crippen LogP contribution in [-0.4, -0.2) is 51.4 Å². The maximum atomic E-state index is 10.2. The van der Waals surface area contributed by atoms with Crippen LogP contribution in [0.1, 0.15) is 33.9 Å². The number of aryl methyl sites for hydroxylation is 1. The highest BCUT2D eigenvalue weighted by Crippen LogP contribution is 2.36. The van der Waals surface area contributed by atoms with Crippen LogP contribution < -0.4 is 0 Å². The summed E-state index contributed by atoms with van der Waals surface area (Å²) in [5.41, 5.74) is 2.51. The first-order valence-corrected chi connectivity index (χ1v) is 9.32. The van der Waals surface area contributed by atoms with E-state index in [1.54, 1.807) is 0 Å². The number of ether oxygens (including phenoxy) is 1. The number of aliphatic hydroxyl groups is 4. The third-order valence-electron chi connectivity index (χ3n) is 4.66. The summed E-state index contributed by atoms with van der Waals surface area (Å²) in [6, 6.07) is 12.3. The highest BCUT2D eigenvalue weighted by atomic mass is 32.1. The predicted octanol–water partition coefficient (Wildman–Crippen LogP) is 1.42. The Balaban J connectivity index is 1.73. The molecule has 0 unspecified atom stereocenters. The van der Waals surface area contributed by atoms with Crippen LogP contribution in [0.2, 0.25) is 0 Å². The number of aliphatic hydroxyl groups excluding tert-OH is 4. The molecule has 6 heteroatoms. The number of hydrogen-bond acceptors (Lipinski definition) is 6. The van der Waals surface area contributed by atoms with Gasteiger partial charge in [-0.3, -0.25) is 0 Å². The summed E-state index contributed by atoms with van der Waals surface area (Å²) < 4.78 is 5.61. The van der Waals surface area contributed by atoms with Crippen LogP contribution >= 0.6 is 11.3 Å². The van der Waals surface area contributed by atoms with Gasteiger partial charge in [0.05, 0.1) is 6.61 Å². The summed E-state index contributed by atoms with van der Waals surface area (Å²) in [7, 11) is 0. The minimum absolute atomic E-state index is 0.413. The largest absolute Gasteiger partial charge is 0.394 e. The van der Waals surface area contributed by atoms with E-state index in [9.17, 15) is 20.4 Å². The van der Waals surface area contributed by atoms with Crippen molar-refractivity contribution in [2.75, 3.05) is 6.61 Å². The highest BCUT2D eigenvalue weighted by Gasteiger charge is 2.44. The van der Waals surface area contributed by atoms with E-state index < -0.39 is 37.1 Å². The first-order chi connectivity index (χ1) is 12.0. The van der Waals surface area contributed by atoms with Gasteiger partial charge in [-0.05, 0) is 29.7 Å². The lowest BCUT2D eigenvalue weighted by atomic mass is 9.94. The Morgan fingerprint density at radius 2 is 1.60 bits per heavy atom. The monoisotopic (exact) mass is 364 g/mol. The second-order valence-electron chi connectivity index (χ2n) is 6.40. The zero-order chi connectivity index (χ0) is 18.0. The molecule has 0 spiro atoms. The van der Waals surface area contributed by atoms with Gasteiger partial charge in [-0.2, -0.15) is 0 Å². The zero-order valence-electron chi connectivity index (χ0n) is 14.1. The summed E-state index contributed by atoms with van der Waals surface area (Å²) in [4.78, 5) is 1.90. The maximum Gasteiger partial charge on any atom is 0.121 e. The van der Waals surface area contributed by atoms with Gasteiger partial charge in [0, 0.05) is 16.2 Å². The normalized spacial score (nSPS) is 29.7. The predicted molar refractivity (Wildman–Crippen MR) is 95.7 cm³/mol. The van der Waals surface area contributed by atoms with Crippen molar-refractivity contribution >= 4 is 11.3 Å². The van der Waals surface area contributed by atoms with Crippen molar-refractivity contribution in [1.82, 2.24) is 0 Å². The zero-order valence-corrected chi connectivity index (χ0v) is 14.9. The lowest BCUT2D eigenvalue weighted by Crippen LogP contribution is -2.55. The molecule has 1 aliphatic heterocycles. The molecule has 0 bridgehead atoms. The van der Waals surface area contributed by atoms with E-state index in [4.69, 9.17) is 4.74 Å². The van der Waals surface area contributed by atoms with Crippen LogP contribution in [0.3, 0.4) is 0 Å². The Bertz CT molecular complexity index is 681. The SMILES string of the molecule is CCc1ccc(Cc2ccc([C@@H]3O[C@H](CO)[C@@H](O)[C@H](O)[C@H]3O)s2)cc1. The second kappa shape index (κ2) is 7.95. The third-order valence-corrected chi connectivity index (χ3v) is 5.81. The third kappa shape index (κ3) is 3.95. The summed E-state index contributed by atoms with van der Waals surface area (Å²) in [6.45, 7) is 1.71. The van der Waals surface area contributed by atoms with E-state index >= 15 is 0 Å². The Morgan fingerprint density at radius 1 is 0.920 bits per heavy atom. The Labute approximate surface area is 151 Å². The van der Waals surface area contributed by atoms with Crippen LogP contribution in [0.25, 0.3) is 0 Å². The van der Waals surface area contributed by atoms with Crippen molar-refractivity contribution in [2.45, 2.75) is 50.3 Å². The first kappa shape index (κ1) is 18.5. The minimum atomic E-state index is -1.34. The quantitative estimate of drug-likeness (QED) is 0.644. The summed E-state index contributed by atoms with van der Waals surface area (Å²) in [6.07, 6.45) is -3.73. The van der Waals surface area contributed by atoms with Crippen LogP contribution in [0, 0.1) is 0 Å². The molecule has 4 N–H and O–H groups in total. The van der Waals surface area contributed by atoms with E-state index in [1.807, 2.05) is 12.1 Å². The summed E-state index contributed by atoms with van der Waals surface area (Å²) in [5, 5.41) is 39.3. The molecule has 2 aromatic rings. The average molecular weight is 364 g/mol. The number of benzene rings is 1. The molecule has 5 nitrogen and oxygen atoms in total. The molecule has 1 aliphatic rings. The van der Waals surface area contributed by atoms with Gasteiger partial charge in [0.2, 0.25) is 0 Å². The van der Waals surface area contributed by atoms with Gasteiger partial charge in [0.1, 0.15) is 30.5 Å². The average Bonchev–Trinajstić information content (AvgIpc) is 3.09. The number of hydrogen-bond donors (Lipinski definition) is 4. The number of thiophene rings is 1. The van der Waals surface area contributed by atoms with Crippen molar-refractivity contribution < 1.29 is 25.2 Å². The smallest absolute Gasteiger partial charge is 0.121 e. The Kier molecular flexibility index (Phi) is 5.89. The van der Waals surface area contributed by atoms with E-state index in [2.05, 4.69) is 31.2 Å². The molecule has 2 heterocycles. The van der Waals surface area contributed by atoms with Crippen LogP contribution in [0.5, 0.6) is 0 Å². The molecule has 136 valence electrons. The molecule has 0 aliphatic carbocycles. The van der Waals surface area contributed by atoms with Crippen LogP contribution in [0.4, 0.5) is 0 Å². The maximum absolute atomic E-state index is 10.2. The molecular weight excluding hydrogens is 340 g/mol.